The SMILES string of the molecule is CCCNC(COc1ccc2c(c1)OCO2)C(C)C. The molecule has 4 nitrogen and oxygen atoms in total. The minimum absolute atomic E-state index is 0.297. The van der Waals surface area contributed by atoms with Crippen LogP contribution >= 0.6 is 0 Å². The van der Waals surface area contributed by atoms with E-state index < -0.39 is 0 Å². The fraction of sp³-hybridized carbons (Fsp3) is 0.600. The lowest BCUT2D eigenvalue weighted by Gasteiger charge is -2.22. The van der Waals surface area contributed by atoms with E-state index in [4.69, 9.17) is 14.2 Å². The maximum atomic E-state index is 5.85. The Morgan fingerprint density at radius 3 is 2.79 bits per heavy atom. The zero-order valence-electron chi connectivity index (χ0n) is 11.9. The molecule has 1 N–H and O–H groups in total. The van der Waals surface area contributed by atoms with E-state index in [1.807, 2.05) is 18.2 Å². The highest BCUT2D eigenvalue weighted by atomic mass is 16.7. The highest BCUT2D eigenvalue weighted by Crippen LogP contribution is 2.35. The first-order chi connectivity index (χ1) is 9.20. The average Bonchev–Trinajstić information content (AvgIpc) is 2.85. The van der Waals surface area contributed by atoms with Gasteiger partial charge in [0.15, 0.2) is 11.5 Å². The third kappa shape index (κ3) is 3.77. The molecule has 1 aromatic rings. The fourth-order valence-corrected chi connectivity index (χ4v) is 1.97. The van der Waals surface area contributed by atoms with Crippen molar-refractivity contribution in [3.8, 4) is 17.2 Å². The van der Waals surface area contributed by atoms with Crippen molar-refractivity contribution in [2.45, 2.75) is 33.2 Å². The number of hydrogen-bond donors (Lipinski definition) is 1. The Balaban J connectivity index is 1.89. The molecule has 0 aliphatic carbocycles. The number of nitrogens with one attached hydrogen (secondary N) is 1. The van der Waals surface area contributed by atoms with E-state index in [1.165, 1.54) is 0 Å². The van der Waals surface area contributed by atoms with Gasteiger partial charge in [0.2, 0.25) is 6.79 Å². The quantitative estimate of drug-likeness (QED) is 0.823. The summed E-state index contributed by atoms with van der Waals surface area (Å²) in [5, 5.41) is 3.51. The molecule has 0 radical (unpaired) electrons. The van der Waals surface area contributed by atoms with Crippen molar-refractivity contribution in [1.82, 2.24) is 5.32 Å². The second kappa shape index (κ2) is 6.66. The van der Waals surface area contributed by atoms with Crippen molar-refractivity contribution < 1.29 is 14.2 Å². The van der Waals surface area contributed by atoms with E-state index in [-0.39, 0.29) is 0 Å². The molecule has 1 aliphatic heterocycles. The molecular formula is C15H23NO3. The lowest BCUT2D eigenvalue weighted by atomic mass is 10.1. The van der Waals surface area contributed by atoms with E-state index in [1.54, 1.807) is 0 Å². The Morgan fingerprint density at radius 2 is 2.05 bits per heavy atom. The summed E-state index contributed by atoms with van der Waals surface area (Å²) < 4.78 is 16.5. The fourth-order valence-electron chi connectivity index (χ4n) is 1.97. The number of fused-ring (bicyclic) bond motifs is 1. The van der Waals surface area contributed by atoms with Gasteiger partial charge in [-0.25, -0.2) is 0 Å². The van der Waals surface area contributed by atoms with Crippen LogP contribution < -0.4 is 19.5 Å². The van der Waals surface area contributed by atoms with Crippen LogP contribution in [0.1, 0.15) is 27.2 Å². The molecule has 0 aromatic heterocycles. The Morgan fingerprint density at radius 1 is 1.26 bits per heavy atom. The molecule has 106 valence electrons. The Hall–Kier alpha value is -1.42. The molecular weight excluding hydrogens is 242 g/mol. The Kier molecular flexibility index (Phi) is 4.91. The highest BCUT2D eigenvalue weighted by molar-refractivity contribution is 5.46. The van der Waals surface area contributed by atoms with Crippen molar-refractivity contribution >= 4 is 0 Å². The maximum absolute atomic E-state index is 5.85. The highest BCUT2D eigenvalue weighted by Gasteiger charge is 2.16. The third-order valence-corrected chi connectivity index (χ3v) is 3.23. The van der Waals surface area contributed by atoms with Gasteiger partial charge >= 0.3 is 0 Å². The molecule has 0 bridgehead atoms. The molecule has 0 saturated carbocycles. The minimum atomic E-state index is 0.297. The Bertz CT molecular complexity index is 406. The predicted octanol–water partition coefficient (Wildman–Crippen LogP) is 2.82. The molecule has 1 aromatic carbocycles. The van der Waals surface area contributed by atoms with Gasteiger partial charge in [-0.3, -0.25) is 0 Å². The number of ether oxygens (including phenoxy) is 3. The van der Waals surface area contributed by atoms with Crippen LogP contribution in [0.5, 0.6) is 17.2 Å². The molecule has 4 heteroatoms. The van der Waals surface area contributed by atoms with Gasteiger partial charge in [0.1, 0.15) is 12.4 Å². The molecule has 0 amide bonds. The van der Waals surface area contributed by atoms with Crippen molar-refractivity contribution in [3.05, 3.63) is 18.2 Å². The van der Waals surface area contributed by atoms with Crippen LogP contribution in [0.2, 0.25) is 0 Å². The van der Waals surface area contributed by atoms with Gasteiger partial charge in [-0.1, -0.05) is 20.8 Å². The Labute approximate surface area is 115 Å². The van der Waals surface area contributed by atoms with Gasteiger partial charge in [0.25, 0.3) is 0 Å². The first kappa shape index (κ1) is 14.0. The van der Waals surface area contributed by atoms with Gasteiger partial charge < -0.3 is 19.5 Å². The molecule has 1 atom stereocenters. The minimum Gasteiger partial charge on any atom is -0.492 e. The first-order valence-corrected chi connectivity index (χ1v) is 6.96. The van der Waals surface area contributed by atoms with Gasteiger partial charge in [-0.15, -0.1) is 0 Å². The van der Waals surface area contributed by atoms with Crippen LogP contribution in [-0.4, -0.2) is 26.0 Å². The van der Waals surface area contributed by atoms with Gasteiger partial charge in [0, 0.05) is 12.1 Å². The smallest absolute Gasteiger partial charge is 0.231 e. The maximum Gasteiger partial charge on any atom is 0.231 e. The summed E-state index contributed by atoms with van der Waals surface area (Å²) in [6.07, 6.45) is 1.13. The molecule has 2 rings (SSSR count). The molecule has 1 heterocycles. The van der Waals surface area contributed by atoms with E-state index in [0.717, 1.165) is 30.2 Å². The van der Waals surface area contributed by atoms with E-state index in [9.17, 15) is 0 Å². The predicted molar refractivity (Wildman–Crippen MR) is 75.0 cm³/mol. The topological polar surface area (TPSA) is 39.7 Å². The average molecular weight is 265 g/mol. The standard InChI is InChI=1S/C15H23NO3/c1-4-7-16-13(11(2)3)9-17-12-5-6-14-15(8-12)19-10-18-14/h5-6,8,11,13,16H,4,7,9-10H2,1-3H3. The summed E-state index contributed by atoms with van der Waals surface area (Å²) in [6.45, 7) is 8.56. The largest absolute Gasteiger partial charge is 0.492 e. The van der Waals surface area contributed by atoms with Crippen LogP contribution in [0.4, 0.5) is 0 Å². The number of rotatable bonds is 7. The van der Waals surface area contributed by atoms with Gasteiger partial charge in [-0.05, 0) is 31.0 Å². The summed E-state index contributed by atoms with van der Waals surface area (Å²) in [5.74, 6) is 2.92. The zero-order chi connectivity index (χ0) is 13.7. The van der Waals surface area contributed by atoms with Crippen LogP contribution in [0.15, 0.2) is 18.2 Å². The van der Waals surface area contributed by atoms with Crippen LogP contribution in [0, 0.1) is 5.92 Å². The molecule has 19 heavy (non-hydrogen) atoms. The van der Waals surface area contributed by atoms with Gasteiger partial charge in [-0.2, -0.15) is 0 Å². The molecule has 0 saturated heterocycles. The summed E-state index contributed by atoms with van der Waals surface area (Å²) >= 11 is 0. The first-order valence-electron chi connectivity index (χ1n) is 6.96. The molecule has 0 spiro atoms. The molecule has 0 fully saturated rings. The summed E-state index contributed by atoms with van der Waals surface area (Å²) in [7, 11) is 0. The second-order valence-electron chi connectivity index (χ2n) is 5.13. The summed E-state index contributed by atoms with van der Waals surface area (Å²) in [4.78, 5) is 0. The van der Waals surface area contributed by atoms with E-state index in [2.05, 4.69) is 26.1 Å². The second-order valence-corrected chi connectivity index (χ2v) is 5.13. The van der Waals surface area contributed by atoms with Crippen LogP contribution in [-0.2, 0) is 0 Å². The van der Waals surface area contributed by atoms with Crippen molar-refractivity contribution in [3.63, 3.8) is 0 Å². The number of hydrogen-bond acceptors (Lipinski definition) is 4. The third-order valence-electron chi connectivity index (χ3n) is 3.23. The van der Waals surface area contributed by atoms with Crippen LogP contribution in [0.3, 0.4) is 0 Å². The van der Waals surface area contributed by atoms with E-state index >= 15 is 0 Å². The van der Waals surface area contributed by atoms with Crippen molar-refractivity contribution in [1.29, 1.82) is 0 Å². The monoisotopic (exact) mass is 265 g/mol. The van der Waals surface area contributed by atoms with E-state index in [0.29, 0.717) is 25.4 Å². The number of benzene rings is 1. The van der Waals surface area contributed by atoms with Crippen LogP contribution in [0.25, 0.3) is 0 Å². The summed E-state index contributed by atoms with van der Waals surface area (Å²) in [5.41, 5.74) is 0. The molecule has 1 aliphatic rings. The molecule has 1 unspecified atom stereocenters. The van der Waals surface area contributed by atoms with Gasteiger partial charge in [0.05, 0.1) is 0 Å². The van der Waals surface area contributed by atoms with Crippen molar-refractivity contribution in [2.75, 3.05) is 19.9 Å². The van der Waals surface area contributed by atoms with Crippen molar-refractivity contribution in [2.24, 2.45) is 5.92 Å². The summed E-state index contributed by atoms with van der Waals surface area (Å²) in [6, 6.07) is 6.07. The zero-order valence-corrected chi connectivity index (χ0v) is 11.9. The lowest BCUT2D eigenvalue weighted by molar-refractivity contribution is 0.173. The normalized spacial score (nSPS) is 14.7. The lowest BCUT2D eigenvalue weighted by Crippen LogP contribution is -2.39.